The van der Waals surface area contributed by atoms with E-state index in [1.165, 1.54) is 0 Å². The second-order valence-corrected chi connectivity index (χ2v) is 6.76. The van der Waals surface area contributed by atoms with Gasteiger partial charge in [-0.3, -0.25) is 4.79 Å². The van der Waals surface area contributed by atoms with Crippen molar-refractivity contribution in [2.75, 3.05) is 0 Å². The Bertz CT molecular complexity index is 671. The van der Waals surface area contributed by atoms with Crippen LogP contribution in [-0.2, 0) is 11.2 Å². The van der Waals surface area contributed by atoms with Gasteiger partial charge in [-0.1, -0.05) is 27.5 Å². The van der Waals surface area contributed by atoms with Crippen LogP contribution in [0.4, 0.5) is 0 Å². The predicted molar refractivity (Wildman–Crippen MR) is 79.0 cm³/mol. The first-order valence-corrected chi connectivity index (χ1v) is 7.73. The lowest BCUT2D eigenvalue weighted by atomic mass is 10.1. The quantitative estimate of drug-likeness (QED) is 0.868. The Labute approximate surface area is 127 Å². The maximum atomic E-state index is 11.2. The van der Waals surface area contributed by atoms with Gasteiger partial charge in [-0.15, -0.1) is 11.3 Å². The van der Waals surface area contributed by atoms with Crippen LogP contribution in [0.3, 0.4) is 0 Å². The number of aliphatic carboxylic acids is 1. The molecule has 1 aliphatic rings. The molecule has 0 aliphatic heterocycles. The number of hydrogen-bond donors (Lipinski definition) is 1. The number of fused-ring (bicyclic) bond motifs is 1. The van der Waals surface area contributed by atoms with Crippen LogP contribution in [0.25, 0.3) is 10.6 Å². The average Bonchev–Trinajstić information content (AvgIpc) is 2.87. The van der Waals surface area contributed by atoms with Crippen molar-refractivity contribution in [1.29, 1.82) is 0 Å². The topological polar surface area (TPSA) is 50.2 Å². The van der Waals surface area contributed by atoms with Gasteiger partial charge in [0.1, 0.15) is 10.9 Å². The number of thiazole rings is 1. The largest absolute Gasteiger partial charge is 0.481 e. The monoisotopic (exact) mass is 357 g/mol. The third-order valence-corrected chi connectivity index (χ3v) is 5.23. The number of carboxylic acid groups (broad SMARTS) is 1. The van der Waals surface area contributed by atoms with Gasteiger partial charge in [-0.05, 0) is 31.0 Å². The third kappa shape index (κ3) is 2.30. The summed E-state index contributed by atoms with van der Waals surface area (Å²) < 4.78 is 0.874. The standard InChI is InChI=1S/C13H9BrClNO2S/c14-9-5-6(15)1-2-7(9)12-16-11-8(13(17)18)3-4-10(11)19-12/h1-2,5,8H,3-4H2,(H,17,18). The summed E-state index contributed by atoms with van der Waals surface area (Å²) in [6, 6.07) is 5.52. The molecule has 3 rings (SSSR count). The number of nitrogens with zero attached hydrogens (tertiary/aromatic N) is 1. The van der Waals surface area contributed by atoms with Crippen LogP contribution in [0.15, 0.2) is 22.7 Å². The molecule has 1 atom stereocenters. The summed E-state index contributed by atoms with van der Waals surface area (Å²) in [5, 5.41) is 10.7. The maximum Gasteiger partial charge on any atom is 0.312 e. The maximum absolute atomic E-state index is 11.2. The first kappa shape index (κ1) is 13.1. The van der Waals surface area contributed by atoms with E-state index in [-0.39, 0.29) is 0 Å². The molecule has 0 bridgehead atoms. The molecule has 0 saturated carbocycles. The molecule has 1 aromatic heterocycles. The lowest BCUT2D eigenvalue weighted by molar-refractivity contribution is -0.138. The molecule has 1 heterocycles. The molecular formula is C13H9BrClNO2S. The highest BCUT2D eigenvalue weighted by atomic mass is 79.9. The van der Waals surface area contributed by atoms with Crippen LogP contribution in [0, 0.1) is 0 Å². The zero-order chi connectivity index (χ0) is 13.6. The van der Waals surface area contributed by atoms with E-state index in [0.29, 0.717) is 11.4 Å². The van der Waals surface area contributed by atoms with Gasteiger partial charge in [0.15, 0.2) is 0 Å². The van der Waals surface area contributed by atoms with Crippen molar-refractivity contribution in [2.24, 2.45) is 0 Å². The minimum absolute atomic E-state index is 0.453. The number of halogens is 2. The molecule has 0 radical (unpaired) electrons. The van der Waals surface area contributed by atoms with E-state index in [4.69, 9.17) is 16.7 Å². The molecule has 0 fully saturated rings. The molecule has 0 amide bonds. The van der Waals surface area contributed by atoms with Gasteiger partial charge < -0.3 is 5.11 Å². The van der Waals surface area contributed by atoms with Gasteiger partial charge in [-0.25, -0.2) is 4.98 Å². The summed E-state index contributed by atoms with van der Waals surface area (Å²) in [5.41, 5.74) is 1.68. The van der Waals surface area contributed by atoms with Gasteiger partial charge in [0.05, 0.1) is 5.69 Å². The first-order valence-electron chi connectivity index (χ1n) is 5.74. The smallest absolute Gasteiger partial charge is 0.312 e. The van der Waals surface area contributed by atoms with Gasteiger partial charge in [0.25, 0.3) is 0 Å². The fourth-order valence-corrected chi connectivity index (χ4v) is 4.43. The van der Waals surface area contributed by atoms with Crippen LogP contribution >= 0.6 is 38.9 Å². The minimum Gasteiger partial charge on any atom is -0.481 e. The molecule has 2 aromatic rings. The molecule has 0 saturated heterocycles. The summed E-state index contributed by atoms with van der Waals surface area (Å²) in [4.78, 5) is 16.8. The van der Waals surface area contributed by atoms with Crippen molar-refractivity contribution < 1.29 is 9.90 Å². The second kappa shape index (κ2) is 4.89. The number of aryl methyl sites for hydroxylation is 1. The SMILES string of the molecule is O=C(O)C1CCc2sc(-c3ccc(Cl)cc3Br)nc21. The fourth-order valence-electron chi connectivity index (χ4n) is 2.25. The second-order valence-electron chi connectivity index (χ2n) is 4.38. The highest BCUT2D eigenvalue weighted by molar-refractivity contribution is 9.10. The molecule has 1 aromatic carbocycles. The van der Waals surface area contributed by atoms with Crippen LogP contribution in [-0.4, -0.2) is 16.1 Å². The molecule has 3 nitrogen and oxygen atoms in total. The van der Waals surface area contributed by atoms with Crippen molar-refractivity contribution in [2.45, 2.75) is 18.8 Å². The van der Waals surface area contributed by atoms with Crippen LogP contribution < -0.4 is 0 Å². The molecule has 1 aliphatic carbocycles. The molecule has 98 valence electrons. The Morgan fingerprint density at radius 2 is 2.32 bits per heavy atom. The zero-order valence-electron chi connectivity index (χ0n) is 9.69. The van der Waals surface area contributed by atoms with E-state index in [2.05, 4.69) is 20.9 Å². The summed E-state index contributed by atoms with van der Waals surface area (Å²) in [5.74, 6) is -1.24. The predicted octanol–water partition coefficient (Wildman–Crippen LogP) is 4.34. The van der Waals surface area contributed by atoms with Crippen LogP contribution in [0.2, 0.25) is 5.02 Å². The third-order valence-electron chi connectivity index (χ3n) is 3.18. The summed E-state index contributed by atoms with van der Waals surface area (Å²) in [6.07, 6.45) is 1.46. The molecule has 1 N–H and O–H groups in total. The lowest BCUT2D eigenvalue weighted by Crippen LogP contribution is -2.08. The van der Waals surface area contributed by atoms with E-state index in [9.17, 15) is 4.79 Å². The molecular weight excluding hydrogens is 350 g/mol. The molecule has 1 unspecified atom stereocenters. The number of aromatic nitrogens is 1. The van der Waals surface area contributed by atoms with Crippen LogP contribution in [0.5, 0.6) is 0 Å². The van der Waals surface area contributed by atoms with Crippen molar-refractivity contribution in [3.8, 4) is 10.6 Å². The Morgan fingerprint density at radius 1 is 1.53 bits per heavy atom. The fraction of sp³-hybridized carbons (Fsp3) is 0.231. The average molecular weight is 359 g/mol. The van der Waals surface area contributed by atoms with Gasteiger partial charge >= 0.3 is 5.97 Å². The lowest BCUT2D eigenvalue weighted by Gasteiger charge is -2.03. The summed E-state index contributed by atoms with van der Waals surface area (Å²) in [7, 11) is 0. The summed E-state index contributed by atoms with van der Waals surface area (Å²) >= 11 is 11.0. The Hall–Kier alpha value is -0.910. The van der Waals surface area contributed by atoms with Crippen molar-refractivity contribution in [1.82, 2.24) is 4.98 Å². The van der Waals surface area contributed by atoms with E-state index in [1.54, 1.807) is 11.3 Å². The number of carboxylic acids is 1. The van der Waals surface area contributed by atoms with E-state index < -0.39 is 11.9 Å². The van der Waals surface area contributed by atoms with Gasteiger partial charge in [0, 0.05) is 19.9 Å². The molecule has 6 heteroatoms. The van der Waals surface area contributed by atoms with Gasteiger partial charge in [0.2, 0.25) is 0 Å². The highest BCUT2D eigenvalue weighted by Crippen LogP contribution is 2.41. The first-order chi connectivity index (χ1) is 9.06. The van der Waals surface area contributed by atoms with Crippen molar-refractivity contribution >= 4 is 44.8 Å². The van der Waals surface area contributed by atoms with Gasteiger partial charge in [-0.2, -0.15) is 0 Å². The number of benzene rings is 1. The Morgan fingerprint density at radius 3 is 3.00 bits per heavy atom. The van der Waals surface area contributed by atoms with E-state index in [0.717, 1.165) is 32.0 Å². The minimum atomic E-state index is -0.786. The van der Waals surface area contributed by atoms with Crippen molar-refractivity contribution in [3.63, 3.8) is 0 Å². The summed E-state index contributed by atoms with van der Waals surface area (Å²) in [6.45, 7) is 0. The zero-order valence-corrected chi connectivity index (χ0v) is 12.8. The molecule has 0 spiro atoms. The highest BCUT2D eigenvalue weighted by Gasteiger charge is 2.32. The van der Waals surface area contributed by atoms with E-state index in [1.807, 2.05) is 18.2 Å². The Balaban J connectivity index is 2.04. The molecule has 19 heavy (non-hydrogen) atoms. The van der Waals surface area contributed by atoms with Crippen molar-refractivity contribution in [3.05, 3.63) is 38.3 Å². The van der Waals surface area contributed by atoms with E-state index >= 15 is 0 Å². The van der Waals surface area contributed by atoms with Crippen LogP contribution in [0.1, 0.15) is 22.9 Å². The Kier molecular flexibility index (Phi) is 3.37. The number of rotatable bonds is 2. The normalized spacial score (nSPS) is 17.5. The number of carbonyl (C=O) groups is 1. The number of hydrogen-bond acceptors (Lipinski definition) is 3.